The lowest BCUT2D eigenvalue weighted by Gasteiger charge is -2.26. The summed E-state index contributed by atoms with van der Waals surface area (Å²) >= 11 is 7.67. The average Bonchev–Trinajstić information content (AvgIpc) is 2.90. The molecule has 0 aliphatic heterocycles. The van der Waals surface area contributed by atoms with E-state index in [-0.39, 0.29) is 0 Å². The third-order valence-corrected chi connectivity index (χ3v) is 4.82. The Bertz CT molecular complexity index is 567. The Balaban J connectivity index is 2.21. The van der Waals surface area contributed by atoms with Gasteiger partial charge in [0.1, 0.15) is 0 Å². The zero-order chi connectivity index (χ0) is 15.2. The van der Waals surface area contributed by atoms with E-state index < -0.39 is 0 Å². The van der Waals surface area contributed by atoms with Gasteiger partial charge in [-0.1, -0.05) is 43.6 Å². The molecule has 1 unspecified atom stereocenters. The van der Waals surface area contributed by atoms with Gasteiger partial charge in [0, 0.05) is 23.7 Å². The molecule has 4 heteroatoms. The lowest BCUT2D eigenvalue weighted by Crippen LogP contribution is -2.24. The maximum Gasteiger partial charge on any atom is 0.0931 e. The number of anilines is 1. The fourth-order valence-electron chi connectivity index (χ4n) is 2.61. The van der Waals surface area contributed by atoms with Crippen LogP contribution >= 0.6 is 22.9 Å². The smallest absolute Gasteiger partial charge is 0.0931 e. The minimum Gasteiger partial charge on any atom is -0.369 e. The number of benzene rings is 1. The van der Waals surface area contributed by atoms with Crippen LogP contribution in [0, 0.1) is 0 Å². The first-order valence-corrected chi connectivity index (χ1v) is 8.62. The van der Waals surface area contributed by atoms with E-state index in [1.54, 1.807) is 11.3 Å². The number of thiophene rings is 1. The molecule has 0 saturated carbocycles. The zero-order valence-corrected chi connectivity index (χ0v) is 14.5. The molecule has 2 nitrogen and oxygen atoms in total. The summed E-state index contributed by atoms with van der Waals surface area (Å²) in [5.74, 6) is 0. The summed E-state index contributed by atoms with van der Waals surface area (Å²) in [6, 6.07) is 13.1. The van der Waals surface area contributed by atoms with Crippen molar-refractivity contribution in [3.05, 3.63) is 51.2 Å². The molecule has 2 rings (SSSR count). The molecule has 1 aromatic heterocycles. The molecule has 0 amide bonds. The van der Waals surface area contributed by atoms with Gasteiger partial charge in [-0.15, -0.1) is 11.3 Å². The molecule has 1 atom stereocenters. The summed E-state index contributed by atoms with van der Waals surface area (Å²) in [5, 5.41) is 3.57. The highest BCUT2D eigenvalue weighted by Gasteiger charge is 2.15. The molecule has 0 aliphatic rings. The molecule has 0 spiro atoms. The lowest BCUT2D eigenvalue weighted by atomic mass is 10.0. The first kappa shape index (κ1) is 16.3. The van der Waals surface area contributed by atoms with E-state index in [2.05, 4.69) is 61.4 Å². The number of para-hydroxylation sites is 1. The van der Waals surface area contributed by atoms with Crippen molar-refractivity contribution in [3.8, 4) is 0 Å². The molecule has 1 aromatic carbocycles. The second-order valence-electron chi connectivity index (χ2n) is 5.14. The van der Waals surface area contributed by atoms with Crippen molar-refractivity contribution < 1.29 is 0 Å². The fourth-order valence-corrected chi connectivity index (χ4v) is 3.75. The molecule has 0 bridgehead atoms. The van der Waals surface area contributed by atoms with Gasteiger partial charge in [-0.2, -0.15) is 0 Å². The summed E-state index contributed by atoms with van der Waals surface area (Å²) in [5.41, 5.74) is 2.65. The Morgan fingerprint density at radius 2 is 1.95 bits per heavy atom. The zero-order valence-electron chi connectivity index (χ0n) is 12.9. The van der Waals surface area contributed by atoms with Crippen LogP contribution in [0.15, 0.2) is 36.4 Å². The number of nitrogens with zero attached hydrogens (tertiary/aromatic N) is 1. The monoisotopic (exact) mass is 322 g/mol. The van der Waals surface area contributed by atoms with E-state index in [4.69, 9.17) is 11.6 Å². The highest BCUT2D eigenvalue weighted by atomic mass is 35.5. The average molecular weight is 323 g/mol. The van der Waals surface area contributed by atoms with Crippen LogP contribution in [0.5, 0.6) is 0 Å². The highest BCUT2D eigenvalue weighted by molar-refractivity contribution is 7.16. The molecular weight excluding hydrogens is 300 g/mol. The van der Waals surface area contributed by atoms with Crippen molar-refractivity contribution in [2.45, 2.75) is 32.9 Å². The number of hydrogen-bond donors (Lipinski definition) is 1. The molecule has 1 N–H and O–H groups in total. The van der Waals surface area contributed by atoms with Gasteiger partial charge in [0.2, 0.25) is 0 Å². The van der Waals surface area contributed by atoms with E-state index >= 15 is 0 Å². The van der Waals surface area contributed by atoms with Crippen molar-refractivity contribution in [2.24, 2.45) is 0 Å². The third-order valence-electron chi connectivity index (χ3n) is 3.60. The van der Waals surface area contributed by atoms with Crippen LogP contribution < -0.4 is 10.2 Å². The van der Waals surface area contributed by atoms with Gasteiger partial charge in [-0.3, -0.25) is 0 Å². The molecule has 0 fully saturated rings. The van der Waals surface area contributed by atoms with Crippen LogP contribution in [-0.2, 0) is 6.54 Å². The summed E-state index contributed by atoms with van der Waals surface area (Å²) in [4.78, 5) is 3.59. The van der Waals surface area contributed by atoms with E-state index in [0.717, 1.165) is 23.8 Å². The predicted octanol–water partition coefficient (Wildman–Crippen LogP) is 5.10. The summed E-state index contributed by atoms with van der Waals surface area (Å²) in [6.07, 6.45) is 1.09. The van der Waals surface area contributed by atoms with Crippen molar-refractivity contribution in [3.63, 3.8) is 0 Å². The Morgan fingerprint density at radius 3 is 2.57 bits per heavy atom. The Morgan fingerprint density at radius 1 is 1.19 bits per heavy atom. The maximum atomic E-state index is 6.03. The van der Waals surface area contributed by atoms with Crippen LogP contribution in [0.4, 0.5) is 5.69 Å². The minimum atomic E-state index is 0.403. The standard InChI is InChI=1S/C17H23ClN2S/c1-4-15(19-5-2)14-8-6-7-9-16(14)20(3)12-13-10-11-17(18)21-13/h6-11,15,19H,4-5,12H2,1-3H3. The summed E-state index contributed by atoms with van der Waals surface area (Å²) in [7, 11) is 2.14. The quantitative estimate of drug-likeness (QED) is 0.763. The molecule has 21 heavy (non-hydrogen) atoms. The SMILES string of the molecule is CCNC(CC)c1ccccc1N(C)Cc1ccc(Cl)s1. The van der Waals surface area contributed by atoms with E-state index in [1.165, 1.54) is 16.1 Å². The van der Waals surface area contributed by atoms with Crippen LogP contribution in [0.3, 0.4) is 0 Å². The van der Waals surface area contributed by atoms with Crippen molar-refractivity contribution in [2.75, 3.05) is 18.5 Å². The number of rotatable bonds is 7. The van der Waals surface area contributed by atoms with E-state index in [1.807, 2.05) is 6.07 Å². The summed E-state index contributed by atoms with van der Waals surface area (Å²) in [6.45, 7) is 6.25. The van der Waals surface area contributed by atoms with Gasteiger partial charge in [-0.25, -0.2) is 0 Å². The van der Waals surface area contributed by atoms with Crippen LogP contribution in [-0.4, -0.2) is 13.6 Å². The second kappa shape index (κ2) is 7.83. The van der Waals surface area contributed by atoms with E-state index in [9.17, 15) is 0 Å². The predicted molar refractivity (Wildman–Crippen MR) is 94.6 cm³/mol. The lowest BCUT2D eigenvalue weighted by molar-refractivity contribution is 0.537. The first-order valence-electron chi connectivity index (χ1n) is 7.43. The van der Waals surface area contributed by atoms with Crippen LogP contribution in [0.25, 0.3) is 0 Å². The topological polar surface area (TPSA) is 15.3 Å². The Hall–Kier alpha value is -1.03. The van der Waals surface area contributed by atoms with Crippen molar-refractivity contribution in [1.82, 2.24) is 5.32 Å². The van der Waals surface area contributed by atoms with E-state index in [0.29, 0.717) is 6.04 Å². The first-order chi connectivity index (χ1) is 10.2. The molecule has 1 heterocycles. The van der Waals surface area contributed by atoms with Gasteiger partial charge in [0.15, 0.2) is 0 Å². The molecular formula is C17H23ClN2S. The Kier molecular flexibility index (Phi) is 6.09. The van der Waals surface area contributed by atoms with Crippen molar-refractivity contribution >= 4 is 28.6 Å². The van der Waals surface area contributed by atoms with Crippen molar-refractivity contribution in [1.29, 1.82) is 0 Å². The highest BCUT2D eigenvalue weighted by Crippen LogP contribution is 2.30. The molecule has 0 aliphatic carbocycles. The number of hydrogen-bond acceptors (Lipinski definition) is 3. The molecule has 2 aromatic rings. The van der Waals surface area contributed by atoms with Crippen LogP contribution in [0.2, 0.25) is 4.34 Å². The second-order valence-corrected chi connectivity index (χ2v) is 6.94. The van der Waals surface area contributed by atoms with Crippen LogP contribution in [0.1, 0.15) is 36.8 Å². The van der Waals surface area contributed by atoms with Gasteiger partial charge in [0.25, 0.3) is 0 Å². The van der Waals surface area contributed by atoms with Gasteiger partial charge in [-0.05, 0) is 36.7 Å². The molecule has 0 saturated heterocycles. The van der Waals surface area contributed by atoms with Gasteiger partial charge >= 0.3 is 0 Å². The fraction of sp³-hybridized carbons (Fsp3) is 0.412. The van der Waals surface area contributed by atoms with Gasteiger partial charge in [0.05, 0.1) is 10.9 Å². The molecule has 114 valence electrons. The summed E-state index contributed by atoms with van der Waals surface area (Å²) < 4.78 is 0.853. The third kappa shape index (κ3) is 4.22. The molecule has 0 radical (unpaired) electrons. The Labute approximate surface area is 136 Å². The number of nitrogens with one attached hydrogen (secondary N) is 1. The number of halogens is 1. The maximum absolute atomic E-state index is 6.03. The normalized spacial score (nSPS) is 12.4. The minimum absolute atomic E-state index is 0.403. The van der Waals surface area contributed by atoms with Gasteiger partial charge < -0.3 is 10.2 Å². The largest absolute Gasteiger partial charge is 0.369 e.